The number of hydrogen-bond donors (Lipinski definition) is 4. The fourth-order valence-electron chi connectivity index (χ4n) is 4.27. The van der Waals surface area contributed by atoms with Gasteiger partial charge >= 0.3 is 5.97 Å². The van der Waals surface area contributed by atoms with Crippen LogP contribution in [0.1, 0.15) is 43.0 Å². The predicted molar refractivity (Wildman–Crippen MR) is 140 cm³/mol. The van der Waals surface area contributed by atoms with Gasteiger partial charge in [0, 0.05) is 37.9 Å². The predicted octanol–water partition coefficient (Wildman–Crippen LogP) is 2.57. The molecule has 0 bridgehead atoms. The Morgan fingerprint density at radius 2 is 1.89 bits per heavy atom. The number of anilines is 4. The summed E-state index contributed by atoms with van der Waals surface area (Å²) >= 11 is 0. The summed E-state index contributed by atoms with van der Waals surface area (Å²) in [4.78, 5) is 36.6. The Bertz CT molecular complexity index is 1140. The van der Waals surface area contributed by atoms with Gasteiger partial charge in [-0.3, -0.25) is 15.0 Å². The van der Waals surface area contributed by atoms with Crippen LogP contribution < -0.4 is 21.4 Å². The van der Waals surface area contributed by atoms with Crippen LogP contribution in [0.25, 0.3) is 0 Å². The number of nitrogens with one attached hydrogen (secondary N) is 3. The quantitative estimate of drug-likeness (QED) is 0.177. The lowest BCUT2D eigenvalue weighted by Crippen LogP contribution is -2.50. The fourth-order valence-corrected chi connectivity index (χ4v) is 4.27. The second-order valence-corrected chi connectivity index (χ2v) is 8.80. The number of esters is 1. The summed E-state index contributed by atoms with van der Waals surface area (Å²) in [5.74, 6) is -0.622. The third-order valence-corrected chi connectivity index (χ3v) is 6.00. The first kappa shape index (κ1) is 26.5. The molecule has 0 spiro atoms. The maximum atomic E-state index is 12.1. The van der Waals surface area contributed by atoms with Gasteiger partial charge < -0.3 is 31.0 Å². The number of likely N-dealkylation sites (N-methyl/N-ethyl adjacent to an activating group) is 2. The molecule has 2 atom stereocenters. The number of carbonyl (C=O) groups excluding carboxylic acids is 2. The van der Waals surface area contributed by atoms with Crippen LogP contribution in [0.15, 0.2) is 35.6 Å². The topological polar surface area (TPSA) is 162 Å². The molecule has 192 valence electrons. The lowest BCUT2D eigenvalue weighted by molar-refractivity contribution is -0.132. The zero-order valence-electron chi connectivity index (χ0n) is 21.0. The Hall–Kier alpha value is -4.06. The number of aromatic nitrogens is 2. The molecule has 0 saturated heterocycles. The van der Waals surface area contributed by atoms with Gasteiger partial charge in [0.05, 0.1) is 11.9 Å². The van der Waals surface area contributed by atoms with Crippen LogP contribution in [-0.2, 0) is 9.53 Å². The van der Waals surface area contributed by atoms with Crippen molar-refractivity contribution in [1.29, 1.82) is 5.41 Å². The van der Waals surface area contributed by atoms with E-state index in [0.717, 1.165) is 25.5 Å². The van der Waals surface area contributed by atoms with Gasteiger partial charge in [-0.15, -0.1) is 5.10 Å². The summed E-state index contributed by atoms with van der Waals surface area (Å²) in [5, 5.41) is 14.3. The summed E-state index contributed by atoms with van der Waals surface area (Å²) in [7, 11) is 6.15. The highest BCUT2D eigenvalue weighted by molar-refractivity contribution is 6.27. The molecule has 1 fully saturated rings. The third-order valence-electron chi connectivity index (χ3n) is 6.00. The van der Waals surface area contributed by atoms with E-state index >= 15 is 0 Å². The fraction of sp³-hybridized carbons (Fsp3) is 0.417. The second-order valence-electron chi connectivity index (χ2n) is 8.80. The number of benzene rings is 1. The van der Waals surface area contributed by atoms with E-state index in [1.807, 2.05) is 7.05 Å². The zero-order valence-corrected chi connectivity index (χ0v) is 21.0. The van der Waals surface area contributed by atoms with E-state index in [4.69, 9.17) is 15.9 Å². The number of nitrogens with two attached hydrogens (primary N) is 1. The Kier molecular flexibility index (Phi) is 8.90. The molecule has 5 N–H and O–H groups in total. The highest BCUT2D eigenvalue weighted by atomic mass is 16.5. The lowest BCUT2D eigenvalue weighted by Gasteiger charge is -2.41. The van der Waals surface area contributed by atoms with Crippen LogP contribution in [0.4, 0.5) is 23.1 Å². The van der Waals surface area contributed by atoms with Crippen molar-refractivity contribution in [1.82, 2.24) is 14.9 Å². The van der Waals surface area contributed by atoms with Gasteiger partial charge in [0.15, 0.2) is 0 Å². The minimum absolute atomic E-state index is 0.164. The van der Waals surface area contributed by atoms with Crippen LogP contribution in [0, 0.1) is 5.41 Å². The van der Waals surface area contributed by atoms with E-state index in [1.54, 1.807) is 24.3 Å². The molecule has 3 rings (SSSR count). The minimum atomic E-state index is -0.647. The summed E-state index contributed by atoms with van der Waals surface area (Å²) < 4.78 is 4.81. The molecule has 12 nitrogen and oxygen atoms in total. The molecule has 1 aromatic carbocycles. The van der Waals surface area contributed by atoms with Gasteiger partial charge in [-0.2, -0.15) is 4.98 Å². The molecular weight excluding hydrogens is 462 g/mol. The molecule has 0 aliphatic heterocycles. The number of hydrogen-bond acceptors (Lipinski definition) is 11. The molecule has 2 unspecified atom stereocenters. The van der Waals surface area contributed by atoms with E-state index in [9.17, 15) is 9.59 Å². The van der Waals surface area contributed by atoms with Crippen molar-refractivity contribution >= 4 is 47.1 Å². The van der Waals surface area contributed by atoms with Crippen molar-refractivity contribution in [3.05, 3.63) is 36.0 Å². The molecular formula is C24H33N9O3. The molecule has 1 saturated carbocycles. The number of primary amides is 1. The van der Waals surface area contributed by atoms with Gasteiger partial charge in [-0.05, 0) is 45.1 Å². The largest absolute Gasteiger partial charge is 0.404 e. The molecule has 1 heterocycles. The van der Waals surface area contributed by atoms with E-state index in [0.29, 0.717) is 23.4 Å². The molecule has 1 aliphatic rings. The second kappa shape index (κ2) is 12.1. The van der Waals surface area contributed by atoms with E-state index in [2.05, 4.69) is 49.7 Å². The monoisotopic (exact) mass is 495 g/mol. The van der Waals surface area contributed by atoms with Crippen molar-refractivity contribution in [3.8, 4) is 0 Å². The number of carbonyl (C=O) groups is 2. The molecule has 2 aromatic rings. The molecule has 36 heavy (non-hydrogen) atoms. The number of ether oxygens (including phenoxy) is 1. The van der Waals surface area contributed by atoms with E-state index in [-0.39, 0.29) is 23.3 Å². The van der Waals surface area contributed by atoms with Gasteiger partial charge in [0.25, 0.3) is 11.8 Å². The Labute approximate surface area is 210 Å². The Balaban J connectivity index is 1.85. The van der Waals surface area contributed by atoms with Crippen LogP contribution >= 0.6 is 0 Å². The standard InChI is InChI=1S/C24H33N9O3/c1-15(34)36-21(13-25)31-30-17-9-7-8-16(12-17)28-23-18(22(26)35)14-27-24(29-23)33(4)20-11-6-5-10-19(20)32(2)3/h7-9,12-14,19-20,25,30H,5-6,10-11H2,1-4H3,(H2,26,35)(H,27,28,29). The molecule has 1 amide bonds. The summed E-state index contributed by atoms with van der Waals surface area (Å²) in [5.41, 5.74) is 9.65. The molecule has 1 aliphatic carbocycles. The average Bonchev–Trinajstić information content (AvgIpc) is 2.85. The summed E-state index contributed by atoms with van der Waals surface area (Å²) in [6, 6.07) is 7.63. The first-order chi connectivity index (χ1) is 17.2. The average molecular weight is 496 g/mol. The smallest absolute Gasteiger partial charge is 0.309 e. The number of rotatable bonds is 9. The lowest BCUT2D eigenvalue weighted by atomic mass is 9.89. The van der Waals surface area contributed by atoms with Gasteiger partial charge in [0.2, 0.25) is 5.95 Å². The summed E-state index contributed by atoms with van der Waals surface area (Å²) in [6.07, 6.45) is 6.73. The minimum Gasteiger partial charge on any atom is -0.404 e. The van der Waals surface area contributed by atoms with Crippen molar-refractivity contribution in [2.24, 2.45) is 10.8 Å². The van der Waals surface area contributed by atoms with Crippen molar-refractivity contribution < 1.29 is 14.3 Å². The highest BCUT2D eigenvalue weighted by Crippen LogP contribution is 2.29. The third kappa shape index (κ3) is 6.75. The summed E-state index contributed by atoms with van der Waals surface area (Å²) in [6.45, 7) is 1.22. The molecule has 0 radical (unpaired) electrons. The zero-order chi connectivity index (χ0) is 26.2. The van der Waals surface area contributed by atoms with Gasteiger partial charge in [0.1, 0.15) is 11.4 Å². The van der Waals surface area contributed by atoms with Crippen LogP contribution in [0.5, 0.6) is 0 Å². The number of nitrogens with zero attached hydrogens (tertiary/aromatic N) is 5. The highest BCUT2D eigenvalue weighted by Gasteiger charge is 2.31. The first-order valence-corrected chi connectivity index (χ1v) is 11.7. The van der Waals surface area contributed by atoms with Crippen molar-refractivity contribution in [2.75, 3.05) is 36.8 Å². The van der Waals surface area contributed by atoms with E-state index in [1.165, 1.54) is 19.5 Å². The number of amides is 1. The van der Waals surface area contributed by atoms with Gasteiger partial charge in [-0.1, -0.05) is 18.9 Å². The number of hydrazone groups is 1. The maximum absolute atomic E-state index is 12.1. The van der Waals surface area contributed by atoms with Gasteiger partial charge in [-0.25, -0.2) is 4.98 Å². The molecule has 1 aromatic heterocycles. The normalized spacial score (nSPS) is 17.9. The first-order valence-electron chi connectivity index (χ1n) is 11.7. The SMILES string of the molecule is CC(=O)OC(C=N)=NNc1cccc(Nc2nc(N(C)C3CCCCC3N(C)C)ncc2C(N)=O)c1. The van der Waals surface area contributed by atoms with Crippen molar-refractivity contribution in [3.63, 3.8) is 0 Å². The van der Waals surface area contributed by atoms with E-state index < -0.39 is 11.9 Å². The van der Waals surface area contributed by atoms with Crippen molar-refractivity contribution in [2.45, 2.75) is 44.7 Å². The van der Waals surface area contributed by atoms with Crippen LogP contribution in [0.3, 0.4) is 0 Å². The Morgan fingerprint density at radius 3 is 2.53 bits per heavy atom. The van der Waals surface area contributed by atoms with Crippen LogP contribution in [-0.4, -0.2) is 72.1 Å². The maximum Gasteiger partial charge on any atom is 0.309 e. The van der Waals surface area contributed by atoms with Crippen LogP contribution in [0.2, 0.25) is 0 Å². The molecule has 12 heteroatoms. The Morgan fingerprint density at radius 1 is 1.19 bits per heavy atom.